The van der Waals surface area contributed by atoms with E-state index in [-0.39, 0.29) is 5.56 Å². The quantitative estimate of drug-likeness (QED) is 0.830. The van der Waals surface area contributed by atoms with Gasteiger partial charge in [-0.05, 0) is 25.9 Å². The first-order valence-corrected chi connectivity index (χ1v) is 6.15. The summed E-state index contributed by atoms with van der Waals surface area (Å²) in [6.45, 7) is 4.20. The predicted octanol–water partition coefficient (Wildman–Crippen LogP) is 0.707. The van der Waals surface area contributed by atoms with Crippen molar-refractivity contribution >= 4 is 11.9 Å². The van der Waals surface area contributed by atoms with Crippen molar-refractivity contribution < 1.29 is 9.90 Å². The molecule has 1 aromatic rings. The Labute approximate surface area is 106 Å². The molecule has 98 valence electrons. The summed E-state index contributed by atoms with van der Waals surface area (Å²) in [6.07, 6.45) is 5.26. The van der Waals surface area contributed by atoms with E-state index in [1.54, 1.807) is 0 Å². The van der Waals surface area contributed by atoms with Gasteiger partial charge in [-0.25, -0.2) is 14.8 Å². The van der Waals surface area contributed by atoms with Gasteiger partial charge >= 0.3 is 5.97 Å². The summed E-state index contributed by atoms with van der Waals surface area (Å²) >= 11 is 0. The molecule has 2 heterocycles. The summed E-state index contributed by atoms with van der Waals surface area (Å²) < 4.78 is 0. The minimum absolute atomic E-state index is 0.117. The molecule has 0 aliphatic carbocycles. The molecule has 1 N–H and O–H groups in total. The third kappa shape index (κ3) is 3.16. The van der Waals surface area contributed by atoms with Crippen molar-refractivity contribution in [1.82, 2.24) is 14.9 Å². The highest BCUT2D eigenvalue weighted by atomic mass is 16.4. The van der Waals surface area contributed by atoms with Crippen molar-refractivity contribution in [2.24, 2.45) is 0 Å². The largest absolute Gasteiger partial charge is 0.478 e. The number of carboxylic acids is 1. The van der Waals surface area contributed by atoms with Crippen molar-refractivity contribution in [2.45, 2.75) is 12.8 Å². The number of likely N-dealkylation sites (N-methyl/N-ethyl adjacent to an activating group) is 1. The van der Waals surface area contributed by atoms with Crippen LogP contribution in [0, 0.1) is 0 Å². The maximum atomic E-state index is 10.7. The van der Waals surface area contributed by atoms with Gasteiger partial charge in [0, 0.05) is 32.5 Å². The van der Waals surface area contributed by atoms with Crippen LogP contribution >= 0.6 is 0 Å². The molecule has 0 aromatic carbocycles. The molecule has 0 atom stereocenters. The standard InChI is InChI=1S/C12H18N4O2/c1-15(6-7-16-4-2-3-5-16)12-13-8-10(9-14-12)11(17)18/h8-9H,2-7H2,1H3,(H,17,18). The number of likely N-dealkylation sites (tertiary alicyclic amines) is 1. The summed E-state index contributed by atoms with van der Waals surface area (Å²) in [5.74, 6) is -0.430. The third-order valence-corrected chi connectivity index (χ3v) is 3.18. The Morgan fingerprint density at radius 3 is 2.56 bits per heavy atom. The number of carbonyl (C=O) groups is 1. The zero-order valence-corrected chi connectivity index (χ0v) is 10.5. The first-order valence-electron chi connectivity index (χ1n) is 6.15. The molecule has 0 radical (unpaired) electrons. The van der Waals surface area contributed by atoms with Crippen molar-refractivity contribution in [2.75, 3.05) is 38.1 Å². The fraction of sp³-hybridized carbons (Fsp3) is 0.583. The second-order valence-electron chi connectivity index (χ2n) is 4.55. The van der Waals surface area contributed by atoms with Crippen LogP contribution in [0.4, 0.5) is 5.95 Å². The second-order valence-corrected chi connectivity index (χ2v) is 4.55. The molecule has 1 saturated heterocycles. The number of rotatable bonds is 5. The topological polar surface area (TPSA) is 69.6 Å². The van der Waals surface area contributed by atoms with Crippen LogP contribution in [0.3, 0.4) is 0 Å². The molecule has 1 fully saturated rings. The van der Waals surface area contributed by atoms with Crippen LogP contribution < -0.4 is 4.90 Å². The number of hydrogen-bond donors (Lipinski definition) is 1. The van der Waals surface area contributed by atoms with Crippen LogP contribution in [0.15, 0.2) is 12.4 Å². The Balaban J connectivity index is 1.87. The summed E-state index contributed by atoms with van der Waals surface area (Å²) in [7, 11) is 1.92. The van der Waals surface area contributed by atoms with Gasteiger partial charge in [-0.15, -0.1) is 0 Å². The van der Waals surface area contributed by atoms with E-state index in [1.807, 2.05) is 11.9 Å². The van der Waals surface area contributed by atoms with Crippen LogP contribution in [0.1, 0.15) is 23.2 Å². The van der Waals surface area contributed by atoms with Gasteiger partial charge in [0.05, 0.1) is 5.56 Å². The Kier molecular flexibility index (Phi) is 4.09. The Bertz CT molecular complexity index is 401. The average Bonchev–Trinajstić information content (AvgIpc) is 2.89. The molecule has 0 amide bonds. The normalized spacial score (nSPS) is 15.8. The molecule has 0 bridgehead atoms. The summed E-state index contributed by atoms with van der Waals surface area (Å²) in [4.78, 5) is 23.2. The first-order chi connectivity index (χ1) is 8.66. The van der Waals surface area contributed by atoms with Gasteiger partial charge in [0.2, 0.25) is 5.95 Å². The molecule has 6 heteroatoms. The van der Waals surface area contributed by atoms with E-state index >= 15 is 0 Å². The molecule has 6 nitrogen and oxygen atoms in total. The third-order valence-electron chi connectivity index (χ3n) is 3.18. The molecule has 18 heavy (non-hydrogen) atoms. The lowest BCUT2D eigenvalue weighted by molar-refractivity contribution is 0.0696. The Hall–Kier alpha value is -1.69. The summed E-state index contributed by atoms with van der Waals surface area (Å²) in [5.41, 5.74) is 0.117. The Morgan fingerprint density at radius 1 is 1.39 bits per heavy atom. The van der Waals surface area contributed by atoms with E-state index in [2.05, 4.69) is 14.9 Å². The van der Waals surface area contributed by atoms with Crippen molar-refractivity contribution in [1.29, 1.82) is 0 Å². The minimum Gasteiger partial charge on any atom is -0.478 e. The molecule has 1 aliphatic rings. The highest BCUT2D eigenvalue weighted by molar-refractivity contribution is 5.86. The van der Waals surface area contributed by atoms with Gasteiger partial charge in [-0.2, -0.15) is 0 Å². The number of anilines is 1. The lowest BCUT2D eigenvalue weighted by Gasteiger charge is -2.21. The maximum Gasteiger partial charge on any atom is 0.338 e. The number of carboxylic acid groups (broad SMARTS) is 1. The van der Waals surface area contributed by atoms with Crippen LogP contribution in [0.25, 0.3) is 0 Å². The smallest absolute Gasteiger partial charge is 0.338 e. The maximum absolute atomic E-state index is 10.7. The molecule has 0 unspecified atom stereocenters. The molecule has 2 rings (SSSR count). The fourth-order valence-corrected chi connectivity index (χ4v) is 2.03. The number of nitrogens with zero attached hydrogens (tertiary/aromatic N) is 4. The van der Waals surface area contributed by atoms with E-state index < -0.39 is 5.97 Å². The van der Waals surface area contributed by atoms with Crippen LogP contribution in [-0.4, -0.2) is 59.2 Å². The minimum atomic E-state index is -0.999. The lowest BCUT2D eigenvalue weighted by Crippen LogP contribution is -2.32. The lowest BCUT2D eigenvalue weighted by atomic mass is 10.3. The predicted molar refractivity (Wildman–Crippen MR) is 67.9 cm³/mol. The van der Waals surface area contributed by atoms with Gasteiger partial charge < -0.3 is 14.9 Å². The van der Waals surface area contributed by atoms with E-state index in [1.165, 1.54) is 38.3 Å². The van der Waals surface area contributed by atoms with Gasteiger partial charge in [0.1, 0.15) is 0 Å². The van der Waals surface area contributed by atoms with Crippen LogP contribution in [0.5, 0.6) is 0 Å². The summed E-state index contributed by atoms with van der Waals surface area (Å²) in [6, 6.07) is 0. The van der Waals surface area contributed by atoms with E-state index in [0.717, 1.165) is 13.1 Å². The molecular weight excluding hydrogens is 232 g/mol. The van der Waals surface area contributed by atoms with Gasteiger partial charge in [0.25, 0.3) is 0 Å². The number of aromatic carboxylic acids is 1. The van der Waals surface area contributed by atoms with Gasteiger partial charge in [-0.3, -0.25) is 0 Å². The molecular formula is C12H18N4O2. The SMILES string of the molecule is CN(CCN1CCCC1)c1ncc(C(=O)O)cn1. The number of hydrogen-bond acceptors (Lipinski definition) is 5. The van der Waals surface area contributed by atoms with Gasteiger partial charge in [0.15, 0.2) is 0 Å². The average molecular weight is 250 g/mol. The monoisotopic (exact) mass is 250 g/mol. The van der Waals surface area contributed by atoms with Crippen LogP contribution in [0.2, 0.25) is 0 Å². The summed E-state index contributed by atoms with van der Waals surface area (Å²) in [5, 5.41) is 8.76. The van der Waals surface area contributed by atoms with Crippen molar-refractivity contribution in [3.63, 3.8) is 0 Å². The molecule has 0 spiro atoms. The zero-order chi connectivity index (χ0) is 13.0. The van der Waals surface area contributed by atoms with Crippen molar-refractivity contribution in [3.05, 3.63) is 18.0 Å². The molecule has 1 aliphatic heterocycles. The Morgan fingerprint density at radius 2 is 2.00 bits per heavy atom. The molecule has 0 saturated carbocycles. The first kappa shape index (κ1) is 12.8. The second kappa shape index (κ2) is 5.77. The highest BCUT2D eigenvalue weighted by Crippen LogP contribution is 2.09. The van der Waals surface area contributed by atoms with E-state index in [9.17, 15) is 4.79 Å². The van der Waals surface area contributed by atoms with Crippen molar-refractivity contribution in [3.8, 4) is 0 Å². The van der Waals surface area contributed by atoms with E-state index in [0.29, 0.717) is 5.95 Å². The van der Waals surface area contributed by atoms with Gasteiger partial charge in [-0.1, -0.05) is 0 Å². The fourth-order valence-electron chi connectivity index (χ4n) is 2.03. The molecule has 1 aromatic heterocycles. The number of aromatic nitrogens is 2. The van der Waals surface area contributed by atoms with E-state index in [4.69, 9.17) is 5.11 Å². The highest BCUT2D eigenvalue weighted by Gasteiger charge is 2.13. The van der Waals surface area contributed by atoms with Crippen LogP contribution in [-0.2, 0) is 0 Å². The zero-order valence-electron chi connectivity index (χ0n) is 10.5.